The molecule has 0 aliphatic heterocycles. The van der Waals surface area contributed by atoms with E-state index in [0.717, 1.165) is 5.56 Å². The van der Waals surface area contributed by atoms with Crippen molar-refractivity contribution < 1.29 is 9.90 Å². The summed E-state index contributed by atoms with van der Waals surface area (Å²) in [6.07, 6.45) is 1.56. The molecule has 0 aliphatic rings. The number of hydrogen-bond donors (Lipinski definition) is 3. The number of benzene rings is 1. The molecule has 0 bridgehead atoms. The molecule has 1 amide bonds. The third kappa shape index (κ3) is 3.19. The topological polar surface area (TPSA) is 100 Å². The lowest BCUT2D eigenvalue weighted by atomic mass is 10.2. The molecule has 116 valence electrons. The number of anilines is 1. The maximum absolute atomic E-state index is 12.2. The third-order valence-electron chi connectivity index (χ3n) is 3.24. The van der Waals surface area contributed by atoms with E-state index >= 15 is 0 Å². The van der Waals surface area contributed by atoms with Crippen LogP contribution in [0, 0.1) is 0 Å². The predicted octanol–water partition coefficient (Wildman–Crippen LogP) is 1.31. The van der Waals surface area contributed by atoms with E-state index in [4.69, 9.17) is 5.11 Å². The van der Waals surface area contributed by atoms with Crippen molar-refractivity contribution in [3.8, 4) is 5.82 Å². The molecule has 2 aromatic heterocycles. The summed E-state index contributed by atoms with van der Waals surface area (Å²) in [5.41, 5.74) is 1.08. The molecule has 0 unspecified atom stereocenters. The van der Waals surface area contributed by atoms with Crippen molar-refractivity contribution in [2.75, 3.05) is 5.32 Å². The maximum Gasteiger partial charge on any atom is 0.273 e. The minimum Gasteiger partial charge on any atom is -0.392 e. The van der Waals surface area contributed by atoms with E-state index in [1.54, 1.807) is 48.7 Å². The molecule has 3 aromatic rings. The molecule has 2 heterocycles. The second kappa shape index (κ2) is 6.29. The highest BCUT2D eigenvalue weighted by Gasteiger charge is 2.12. The van der Waals surface area contributed by atoms with Crippen molar-refractivity contribution in [3.63, 3.8) is 0 Å². The number of rotatable bonds is 4. The number of nitrogens with one attached hydrogen (secondary N) is 2. The van der Waals surface area contributed by atoms with E-state index in [1.807, 2.05) is 0 Å². The molecule has 0 saturated heterocycles. The first-order valence-electron chi connectivity index (χ1n) is 6.92. The smallest absolute Gasteiger partial charge is 0.273 e. The fourth-order valence-corrected chi connectivity index (χ4v) is 2.06. The Balaban J connectivity index is 1.81. The van der Waals surface area contributed by atoms with Crippen molar-refractivity contribution in [2.24, 2.45) is 0 Å². The van der Waals surface area contributed by atoms with Gasteiger partial charge in [0.25, 0.3) is 11.5 Å². The number of carbonyl (C=O) groups excluding carboxylic acids is 1. The van der Waals surface area contributed by atoms with Crippen LogP contribution in [-0.2, 0) is 6.61 Å². The zero-order valence-electron chi connectivity index (χ0n) is 12.1. The van der Waals surface area contributed by atoms with Crippen LogP contribution in [0.25, 0.3) is 5.82 Å². The molecule has 0 atom stereocenters. The first kappa shape index (κ1) is 14.7. The third-order valence-corrected chi connectivity index (χ3v) is 3.24. The number of carbonyl (C=O) groups is 1. The molecular weight excluding hydrogens is 296 g/mol. The Morgan fingerprint density at radius 2 is 2.00 bits per heavy atom. The van der Waals surface area contributed by atoms with E-state index in [9.17, 15) is 9.59 Å². The van der Waals surface area contributed by atoms with Gasteiger partial charge in [0, 0.05) is 18.0 Å². The first-order valence-corrected chi connectivity index (χ1v) is 6.92. The number of pyridine rings is 1. The lowest BCUT2D eigenvalue weighted by Gasteiger charge is -2.04. The number of H-pyrrole nitrogens is 1. The molecule has 23 heavy (non-hydrogen) atoms. The molecule has 0 aliphatic carbocycles. The van der Waals surface area contributed by atoms with Gasteiger partial charge in [-0.3, -0.25) is 14.7 Å². The summed E-state index contributed by atoms with van der Waals surface area (Å²) in [5, 5.41) is 14.4. The Morgan fingerprint density at radius 1 is 1.22 bits per heavy atom. The van der Waals surface area contributed by atoms with Gasteiger partial charge in [0.2, 0.25) is 0 Å². The normalized spacial score (nSPS) is 10.5. The van der Waals surface area contributed by atoms with Crippen LogP contribution in [0.15, 0.2) is 59.5 Å². The fourth-order valence-electron chi connectivity index (χ4n) is 2.06. The van der Waals surface area contributed by atoms with Gasteiger partial charge in [0.05, 0.1) is 6.61 Å². The Hall–Kier alpha value is -3.19. The summed E-state index contributed by atoms with van der Waals surface area (Å²) >= 11 is 0. The van der Waals surface area contributed by atoms with Gasteiger partial charge in [0.15, 0.2) is 5.82 Å². The van der Waals surface area contributed by atoms with Gasteiger partial charge in [-0.25, -0.2) is 9.67 Å². The lowest BCUT2D eigenvalue weighted by molar-refractivity contribution is 0.102. The SMILES string of the molecule is O=C(Nc1ccc(CO)cc1)c1cc(=O)n(-c2ccccn2)[nH]1. The van der Waals surface area contributed by atoms with Crippen LogP contribution in [0.3, 0.4) is 0 Å². The van der Waals surface area contributed by atoms with E-state index in [2.05, 4.69) is 15.4 Å². The van der Waals surface area contributed by atoms with Crippen LogP contribution in [0.1, 0.15) is 16.1 Å². The van der Waals surface area contributed by atoms with Crippen LogP contribution in [-0.4, -0.2) is 25.8 Å². The number of aromatic amines is 1. The zero-order chi connectivity index (χ0) is 16.2. The van der Waals surface area contributed by atoms with E-state index in [0.29, 0.717) is 11.5 Å². The molecule has 1 aromatic carbocycles. The average Bonchev–Trinajstić information content (AvgIpc) is 2.98. The van der Waals surface area contributed by atoms with Gasteiger partial charge in [-0.05, 0) is 29.8 Å². The van der Waals surface area contributed by atoms with Crippen molar-refractivity contribution >= 4 is 11.6 Å². The van der Waals surface area contributed by atoms with Crippen LogP contribution in [0.5, 0.6) is 0 Å². The first-order chi connectivity index (χ1) is 11.2. The van der Waals surface area contributed by atoms with Crippen LogP contribution < -0.4 is 10.9 Å². The van der Waals surface area contributed by atoms with Gasteiger partial charge in [0.1, 0.15) is 5.69 Å². The Kier molecular flexibility index (Phi) is 4.03. The van der Waals surface area contributed by atoms with Gasteiger partial charge in [-0.15, -0.1) is 0 Å². The quantitative estimate of drug-likeness (QED) is 0.676. The fraction of sp³-hybridized carbons (Fsp3) is 0.0625. The highest BCUT2D eigenvalue weighted by molar-refractivity contribution is 6.02. The molecule has 3 N–H and O–H groups in total. The molecule has 3 rings (SSSR count). The minimum atomic E-state index is -0.437. The van der Waals surface area contributed by atoms with E-state index in [-0.39, 0.29) is 17.9 Å². The highest BCUT2D eigenvalue weighted by atomic mass is 16.3. The van der Waals surface area contributed by atoms with Crippen LogP contribution in [0.4, 0.5) is 5.69 Å². The summed E-state index contributed by atoms with van der Waals surface area (Å²) in [6.45, 7) is -0.0610. The van der Waals surface area contributed by atoms with Crippen molar-refractivity contribution in [1.29, 1.82) is 0 Å². The lowest BCUT2D eigenvalue weighted by Crippen LogP contribution is -2.15. The Bertz CT molecular complexity index is 866. The molecule has 7 nitrogen and oxygen atoms in total. The average molecular weight is 310 g/mol. The number of hydrogen-bond acceptors (Lipinski definition) is 4. The number of aromatic nitrogens is 3. The van der Waals surface area contributed by atoms with E-state index in [1.165, 1.54) is 10.7 Å². The number of nitrogens with zero attached hydrogens (tertiary/aromatic N) is 2. The Morgan fingerprint density at radius 3 is 2.65 bits per heavy atom. The van der Waals surface area contributed by atoms with Crippen molar-refractivity contribution in [1.82, 2.24) is 14.8 Å². The summed E-state index contributed by atoms with van der Waals surface area (Å²) in [6, 6.07) is 13.1. The molecule has 7 heteroatoms. The number of aliphatic hydroxyl groups is 1. The number of amides is 1. The summed E-state index contributed by atoms with van der Waals surface area (Å²) in [5.74, 6) is -0.0302. The second-order valence-corrected chi connectivity index (χ2v) is 4.84. The van der Waals surface area contributed by atoms with Crippen LogP contribution >= 0.6 is 0 Å². The maximum atomic E-state index is 12.2. The van der Waals surface area contributed by atoms with Crippen molar-refractivity contribution in [2.45, 2.75) is 6.61 Å². The second-order valence-electron chi connectivity index (χ2n) is 4.84. The largest absolute Gasteiger partial charge is 0.392 e. The molecule has 0 fully saturated rings. The summed E-state index contributed by atoms with van der Waals surface area (Å²) < 4.78 is 1.20. The van der Waals surface area contributed by atoms with Crippen LogP contribution in [0.2, 0.25) is 0 Å². The monoisotopic (exact) mass is 310 g/mol. The Labute approximate surface area is 131 Å². The molecule has 0 radical (unpaired) electrons. The summed E-state index contributed by atoms with van der Waals surface area (Å²) in [7, 11) is 0. The van der Waals surface area contributed by atoms with Gasteiger partial charge in [-0.2, -0.15) is 0 Å². The predicted molar refractivity (Wildman–Crippen MR) is 84.5 cm³/mol. The van der Waals surface area contributed by atoms with Gasteiger partial charge < -0.3 is 10.4 Å². The van der Waals surface area contributed by atoms with E-state index < -0.39 is 5.91 Å². The van der Waals surface area contributed by atoms with Gasteiger partial charge in [-0.1, -0.05) is 18.2 Å². The standard InChI is InChI=1S/C16H14N4O3/c21-10-11-4-6-12(7-5-11)18-16(23)13-9-15(22)20(19-13)14-3-1-2-8-17-14/h1-9,19,21H,10H2,(H,18,23). The zero-order valence-corrected chi connectivity index (χ0v) is 12.1. The summed E-state index contributed by atoms with van der Waals surface area (Å²) in [4.78, 5) is 28.2. The highest BCUT2D eigenvalue weighted by Crippen LogP contribution is 2.10. The van der Waals surface area contributed by atoms with Gasteiger partial charge >= 0.3 is 0 Å². The molecule has 0 saturated carbocycles. The molecule has 0 spiro atoms. The number of aliphatic hydroxyl groups excluding tert-OH is 1. The van der Waals surface area contributed by atoms with Crippen molar-refractivity contribution in [3.05, 3.63) is 76.3 Å². The minimum absolute atomic E-state index is 0.0610. The molecular formula is C16H14N4O3.